The highest BCUT2D eigenvalue weighted by atomic mass is 79.9. The molecule has 3 heteroatoms. The van der Waals surface area contributed by atoms with Crippen molar-refractivity contribution in [2.75, 3.05) is 13.2 Å². The van der Waals surface area contributed by atoms with Crippen LogP contribution in [0, 0.1) is 0 Å². The zero-order valence-electron chi connectivity index (χ0n) is 7.91. The second-order valence-electron chi connectivity index (χ2n) is 3.38. The van der Waals surface area contributed by atoms with Crippen molar-refractivity contribution in [1.82, 2.24) is 0 Å². The molecule has 1 heterocycles. The molecule has 1 saturated heterocycles. The predicted octanol–water partition coefficient (Wildman–Crippen LogP) is 2.75. The Morgan fingerprint density at radius 3 is 2.71 bits per heavy atom. The second kappa shape index (κ2) is 4.80. The Hall–Kier alpha value is -0.540. The van der Waals surface area contributed by atoms with E-state index in [9.17, 15) is 0 Å². The van der Waals surface area contributed by atoms with E-state index in [0.717, 1.165) is 30.7 Å². The smallest absolute Gasteiger partial charge is 0.124 e. The Labute approximate surface area is 92.3 Å². The number of alkyl halides is 1. The van der Waals surface area contributed by atoms with E-state index in [1.54, 1.807) is 0 Å². The fourth-order valence-electron chi connectivity index (χ4n) is 1.46. The van der Waals surface area contributed by atoms with E-state index in [0.29, 0.717) is 0 Å². The molecule has 2 rings (SSSR count). The van der Waals surface area contributed by atoms with E-state index in [2.05, 4.69) is 28.1 Å². The molecule has 76 valence electrons. The van der Waals surface area contributed by atoms with Gasteiger partial charge in [-0.2, -0.15) is 0 Å². The molecule has 0 N–H and O–H groups in total. The van der Waals surface area contributed by atoms with Crippen LogP contribution in [0.3, 0.4) is 0 Å². The number of halogens is 1. The number of benzene rings is 1. The van der Waals surface area contributed by atoms with E-state index in [1.807, 2.05) is 12.1 Å². The summed E-state index contributed by atoms with van der Waals surface area (Å²) in [5.74, 6) is 0.935. The molecule has 0 radical (unpaired) electrons. The van der Waals surface area contributed by atoms with Gasteiger partial charge in [0.15, 0.2) is 0 Å². The average molecular weight is 257 g/mol. The monoisotopic (exact) mass is 256 g/mol. The molecular formula is C11H13BrO2. The van der Waals surface area contributed by atoms with Gasteiger partial charge in [-0.3, -0.25) is 0 Å². The molecule has 0 aromatic heterocycles. The fourth-order valence-corrected chi connectivity index (χ4v) is 1.83. The van der Waals surface area contributed by atoms with Gasteiger partial charge in [0.25, 0.3) is 0 Å². The van der Waals surface area contributed by atoms with Gasteiger partial charge in [0, 0.05) is 11.8 Å². The maximum Gasteiger partial charge on any atom is 0.124 e. The Balaban J connectivity index is 1.95. The summed E-state index contributed by atoms with van der Waals surface area (Å²) in [6, 6.07) is 8.16. The van der Waals surface area contributed by atoms with Crippen LogP contribution in [0.5, 0.6) is 5.75 Å². The van der Waals surface area contributed by atoms with Crippen LogP contribution in [-0.2, 0) is 10.1 Å². The second-order valence-corrected chi connectivity index (χ2v) is 3.94. The molecule has 1 unspecified atom stereocenters. The lowest BCUT2D eigenvalue weighted by Crippen LogP contribution is -2.15. The average Bonchev–Trinajstić information content (AvgIpc) is 2.72. The predicted molar refractivity (Wildman–Crippen MR) is 58.9 cm³/mol. The van der Waals surface area contributed by atoms with Crippen molar-refractivity contribution in [1.29, 1.82) is 0 Å². The summed E-state index contributed by atoms with van der Waals surface area (Å²) in [5.41, 5.74) is 1.26. The van der Waals surface area contributed by atoms with Crippen LogP contribution in [-0.4, -0.2) is 19.3 Å². The largest absolute Gasteiger partial charge is 0.488 e. The summed E-state index contributed by atoms with van der Waals surface area (Å²) in [7, 11) is 0. The maximum atomic E-state index is 5.73. The lowest BCUT2D eigenvalue weighted by atomic mass is 10.2. The Bertz CT molecular complexity index is 278. The first-order valence-corrected chi connectivity index (χ1v) is 5.90. The molecule has 1 fully saturated rings. The normalized spacial score (nSPS) is 21.1. The van der Waals surface area contributed by atoms with Gasteiger partial charge < -0.3 is 9.47 Å². The molecule has 0 spiro atoms. The molecular weight excluding hydrogens is 244 g/mol. The van der Waals surface area contributed by atoms with Gasteiger partial charge in [0.2, 0.25) is 0 Å². The standard InChI is InChI=1S/C11H13BrO2/c12-7-9-1-3-10(4-2-9)14-11-5-6-13-8-11/h1-4,11H,5-8H2. The summed E-state index contributed by atoms with van der Waals surface area (Å²) < 4.78 is 11.0. The van der Waals surface area contributed by atoms with Crippen LogP contribution < -0.4 is 4.74 Å². The van der Waals surface area contributed by atoms with Gasteiger partial charge in [-0.15, -0.1) is 0 Å². The van der Waals surface area contributed by atoms with Crippen LogP contribution in [0.15, 0.2) is 24.3 Å². The first-order valence-electron chi connectivity index (χ1n) is 4.78. The van der Waals surface area contributed by atoms with Crippen molar-refractivity contribution >= 4 is 15.9 Å². The van der Waals surface area contributed by atoms with Gasteiger partial charge in [-0.05, 0) is 17.7 Å². The third-order valence-electron chi connectivity index (χ3n) is 2.27. The third kappa shape index (κ3) is 2.49. The third-order valence-corrected chi connectivity index (χ3v) is 2.92. The van der Waals surface area contributed by atoms with Crippen LogP contribution >= 0.6 is 15.9 Å². The van der Waals surface area contributed by atoms with Gasteiger partial charge in [-0.1, -0.05) is 28.1 Å². The Morgan fingerprint density at radius 1 is 1.36 bits per heavy atom. The fraction of sp³-hybridized carbons (Fsp3) is 0.455. The molecule has 0 bridgehead atoms. The minimum Gasteiger partial charge on any atom is -0.488 e. The highest BCUT2D eigenvalue weighted by Crippen LogP contribution is 2.18. The number of hydrogen-bond acceptors (Lipinski definition) is 2. The first kappa shape index (κ1) is 9.99. The Kier molecular flexibility index (Phi) is 3.43. The Morgan fingerprint density at radius 2 is 2.14 bits per heavy atom. The topological polar surface area (TPSA) is 18.5 Å². The number of ether oxygens (including phenoxy) is 2. The van der Waals surface area contributed by atoms with Crippen molar-refractivity contribution in [3.8, 4) is 5.75 Å². The molecule has 2 nitrogen and oxygen atoms in total. The zero-order valence-corrected chi connectivity index (χ0v) is 9.50. The summed E-state index contributed by atoms with van der Waals surface area (Å²) in [5, 5.41) is 0.889. The van der Waals surface area contributed by atoms with Crippen LogP contribution in [0.2, 0.25) is 0 Å². The van der Waals surface area contributed by atoms with Crippen molar-refractivity contribution in [3.05, 3.63) is 29.8 Å². The molecule has 0 aliphatic carbocycles. The van der Waals surface area contributed by atoms with Gasteiger partial charge in [0.1, 0.15) is 11.9 Å². The quantitative estimate of drug-likeness (QED) is 0.775. The lowest BCUT2D eigenvalue weighted by molar-refractivity contribution is 0.141. The maximum absolute atomic E-state index is 5.73. The van der Waals surface area contributed by atoms with Gasteiger partial charge in [-0.25, -0.2) is 0 Å². The summed E-state index contributed by atoms with van der Waals surface area (Å²) in [6.45, 7) is 1.55. The van der Waals surface area contributed by atoms with E-state index < -0.39 is 0 Å². The molecule has 1 aliphatic rings. The molecule has 0 amide bonds. The van der Waals surface area contributed by atoms with Crippen LogP contribution in [0.25, 0.3) is 0 Å². The molecule has 1 atom stereocenters. The van der Waals surface area contributed by atoms with E-state index in [4.69, 9.17) is 9.47 Å². The van der Waals surface area contributed by atoms with Crippen molar-refractivity contribution in [3.63, 3.8) is 0 Å². The summed E-state index contributed by atoms with van der Waals surface area (Å²) in [4.78, 5) is 0. The van der Waals surface area contributed by atoms with Crippen LogP contribution in [0.4, 0.5) is 0 Å². The number of hydrogen-bond donors (Lipinski definition) is 0. The first-order chi connectivity index (χ1) is 6.88. The van der Waals surface area contributed by atoms with Crippen LogP contribution in [0.1, 0.15) is 12.0 Å². The molecule has 1 aromatic rings. The van der Waals surface area contributed by atoms with E-state index in [-0.39, 0.29) is 6.10 Å². The molecule has 0 saturated carbocycles. The molecule has 14 heavy (non-hydrogen) atoms. The lowest BCUT2D eigenvalue weighted by Gasteiger charge is -2.11. The van der Waals surface area contributed by atoms with Gasteiger partial charge >= 0.3 is 0 Å². The minimum absolute atomic E-state index is 0.241. The minimum atomic E-state index is 0.241. The van der Waals surface area contributed by atoms with Crippen molar-refractivity contribution in [2.45, 2.75) is 17.9 Å². The molecule has 1 aromatic carbocycles. The summed E-state index contributed by atoms with van der Waals surface area (Å²) >= 11 is 3.41. The van der Waals surface area contributed by atoms with Crippen molar-refractivity contribution < 1.29 is 9.47 Å². The zero-order chi connectivity index (χ0) is 9.80. The van der Waals surface area contributed by atoms with Crippen molar-refractivity contribution in [2.24, 2.45) is 0 Å². The SMILES string of the molecule is BrCc1ccc(OC2CCOC2)cc1. The number of rotatable bonds is 3. The van der Waals surface area contributed by atoms with E-state index >= 15 is 0 Å². The summed E-state index contributed by atoms with van der Waals surface area (Å²) in [6.07, 6.45) is 1.24. The van der Waals surface area contributed by atoms with E-state index in [1.165, 1.54) is 5.56 Å². The van der Waals surface area contributed by atoms with Gasteiger partial charge in [0.05, 0.1) is 13.2 Å². The highest BCUT2D eigenvalue weighted by molar-refractivity contribution is 9.08. The molecule has 1 aliphatic heterocycles. The highest BCUT2D eigenvalue weighted by Gasteiger charge is 2.16.